The molecule has 1 saturated heterocycles. The van der Waals surface area contributed by atoms with Gasteiger partial charge in [0.1, 0.15) is 10.8 Å². The van der Waals surface area contributed by atoms with Crippen molar-refractivity contribution in [3.8, 4) is 5.75 Å². The zero-order chi connectivity index (χ0) is 19.6. The predicted octanol–water partition coefficient (Wildman–Crippen LogP) is 2.81. The Hall–Kier alpha value is -3.01. The van der Waals surface area contributed by atoms with E-state index < -0.39 is 29.6 Å². The number of carbonyl (C=O) groups excluding carboxylic acids is 2. The maximum absolute atomic E-state index is 12.7. The van der Waals surface area contributed by atoms with Crippen molar-refractivity contribution in [1.29, 1.82) is 0 Å². The minimum absolute atomic E-state index is 0.0876. The maximum Gasteiger partial charge on any atom is 0.387 e. The second-order valence-electron chi connectivity index (χ2n) is 5.39. The lowest BCUT2D eigenvalue weighted by atomic mass is 10.2. The fraction of sp³-hybridized carbons (Fsp3) is 0.176. The number of anilines is 1. The lowest BCUT2D eigenvalue weighted by Crippen LogP contribution is -2.31. The molecule has 2 aromatic rings. The third-order valence-electron chi connectivity index (χ3n) is 3.68. The number of imide groups is 1. The van der Waals surface area contributed by atoms with Gasteiger partial charge in [0.05, 0.1) is 16.5 Å². The quantitative estimate of drug-likeness (QED) is 0.753. The number of amides is 2. The van der Waals surface area contributed by atoms with Gasteiger partial charge < -0.3 is 9.84 Å². The van der Waals surface area contributed by atoms with Gasteiger partial charge in [-0.25, -0.2) is 14.7 Å². The number of benzene rings is 1. The SMILES string of the molecule is O=C(O)c1cccnc1S[C@@H]1CC(=O)N(c2ccccc2OC(F)F)C1=O. The van der Waals surface area contributed by atoms with Crippen molar-refractivity contribution < 1.29 is 33.0 Å². The first-order chi connectivity index (χ1) is 12.9. The summed E-state index contributed by atoms with van der Waals surface area (Å²) in [6, 6.07) is 8.25. The molecule has 0 radical (unpaired) electrons. The molecular weight excluding hydrogens is 382 g/mol. The van der Waals surface area contributed by atoms with E-state index in [1.165, 1.54) is 42.6 Å². The molecule has 10 heteroatoms. The fourth-order valence-electron chi connectivity index (χ4n) is 2.57. The van der Waals surface area contributed by atoms with Crippen LogP contribution in [0, 0.1) is 0 Å². The first kappa shape index (κ1) is 18.8. The van der Waals surface area contributed by atoms with Gasteiger partial charge in [-0.1, -0.05) is 23.9 Å². The maximum atomic E-state index is 12.7. The van der Waals surface area contributed by atoms with E-state index in [0.29, 0.717) is 0 Å². The molecular formula is C17H12F2N2O5S. The number of nitrogens with zero attached hydrogens (tertiary/aromatic N) is 2. The zero-order valence-corrected chi connectivity index (χ0v) is 14.4. The fourth-order valence-corrected chi connectivity index (χ4v) is 3.67. The molecule has 0 bridgehead atoms. The first-order valence-corrected chi connectivity index (χ1v) is 8.52. The molecule has 0 unspecified atom stereocenters. The van der Waals surface area contributed by atoms with Crippen LogP contribution in [0.5, 0.6) is 5.75 Å². The number of carboxylic acid groups (broad SMARTS) is 1. The molecule has 2 amide bonds. The van der Waals surface area contributed by atoms with Crippen molar-refractivity contribution in [2.45, 2.75) is 23.3 Å². The smallest absolute Gasteiger partial charge is 0.387 e. The lowest BCUT2D eigenvalue weighted by Gasteiger charge is -2.18. The molecule has 1 fully saturated rings. The molecule has 27 heavy (non-hydrogen) atoms. The van der Waals surface area contributed by atoms with Gasteiger partial charge >= 0.3 is 12.6 Å². The molecule has 1 aromatic heterocycles. The Kier molecular flexibility index (Phi) is 5.36. The molecule has 1 aliphatic heterocycles. The van der Waals surface area contributed by atoms with Crippen LogP contribution in [-0.4, -0.2) is 39.7 Å². The number of rotatable bonds is 6. The molecule has 7 nitrogen and oxygen atoms in total. The zero-order valence-electron chi connectivity index (χ0n) is 13.5. The average Bonchev–Trinajstić information content (AvgIpc) is 2.89. The van der Waals surface area contributed by atoms with Gasteiger partial charge in [0, 0.05) is 12.6 Å². The summed E-state index contributed by atoms with van der Waals surface area (Å²) in [7, 11) is 0. The highest BCUT2D eigenvalue weighted by Crippen LogP contribution is 2.38. The Bertz CT molecular complexity index is 908. The highest BCUT2D eigenvalue weighted by atomic mass is 32.2. The second kappa shape index (κ2) is 7.70. The number of thioether (sulfide) groups is 1. The molecule has 0 aliphatic carbocycles. The first-order valence-electron chi connectivity index (χ1n) is 7.64. The van der Waals surface area contributed by atoms with E-state index in [9.17, 15) is 28.3 Å². The number of ether oxygens (including phenoxy) is 1. The molecule has 1 aliphatic rings. The monoisotopic (exact) mass is 394 g/mol. The Morgan fingerprint density at radius 2 is 2.00 bits per heavy atom. The summed E-state index contributed by atoms with van der Waals surface area (Å²) in [5.74, 6) is -2.77. The Balaban J connectivity index is 1.88. The number of para-hydroxylation sites is 2. The van der Waals surface area contributed by atoms with Crippen molar-refractivity contribution in [2.75, 3.05) is 4.90 Å². The van der Waals surface area contributed by atoms with E-state index in [4.69, 9.17) is 0 Å². The second-order valence-corrected chi connectivity index (χ2v) is 6.58. The normalized spacial score (nSPS) is 16.9. The van der Waals surface area contributed by atoms with Gasteiger partial charge in [-0.3, -0.25) is 9.59 Å². The number of aromatic nitrogens is 1. The number of carboxylic acids is 1. The van der Waals surface area contributed by atoms with Crippen molar-refractivity contribution in [1.82, 2.24) is 4.98 Å². The standard InChI is InChI=1S/C17H12F2N2O5S/c18-17(19)26-11-6-2-1-5-10(11)21-13(22)8-12(15(21)23)27-14-9(16(24)25)4-3-7-20-14/h1-7,12,17H,8H2,(H,24,25)/t12-/m1/s1. The van der Waals surface area contributed by atoms with Gasteiger partial charge in [-0.2, -0.15) is 8.78 Å². The van der Waals surface area contributed by atoms with Crippen LogP contribution >= 0.6 is 11.8 Å². The van der Waals surface area contributed by atoms with Crippen LogP contribution in [0.4, 0.5) is 14.5 Å². The summed E-state index contributed by atoms with van der Waals surface area (Å²) in [5, 5.41) is 8.37. The minimum atomic E-state index is -3.12. The number of carbonyl (C=O) groups is 3. The summed E-state index contributed by atoms with van der Waals surface area (Å²) in [6.45, 7) is -3.12. The molecule has 140 valence electrons. The Morgan fingerprint density at radius 1 is 1.26 bits per heavy atom. The number of alkyl halides is 2. The number of halogens is 2. The van der Waals surface area contributed by atoms with Crippen LogP contribution in [0.15, 0.2) is 47.6 Å². The van der Waals surface area contributed by atoms with Crippen LogP contribution in [0.1, 0.15) is 16.8 Å². The molecule has 2 heterocycles. The van der Waals surface area contributed by atoms with Gasteiger partial charge in [0.2, 0.25) is 11.8 Å². The van der Waals surface area contributed by atoms with Crippen molar-refractivity contribution >= 4 is 35.2 Å². The van der Waals surface area contributed by atoms with E-state index in [1.54, 1.807) is 0 Å². The third kappa shape index (κ3) is 3.90. The summed E-state index contributed by atoms with van der Waals surface area (Å²) in [5.41, 5.74) is -0.182. The topological polar surface area (TPSA) is 96.8 Å². The van der Waals surface area contributed by atoms with E-state index in [-0.39, 0.29) is 28.4 Å². The number of hydrogen-bond donors (Lipinski definition) is 1. The Labute approximate surface area is 155 Å². The lowest BCUT2D eigenvalue weighted by molar-refractivity contribution is -0.121. The summed E-state index contributed by atoms with van der Waals surface area (Å²) in [4.78, 5) is 41.1. The van der Waals surface area contributed by atoms with Crippen LogP contribution in [-0.2, 0) is 9.59 Å². The van der Waals surface area contributed by atoms with Crippen molar-refractivity contribution in [3.63, 3.8) is 0 Å². The van der Waals surface area contributed by atoms with Crippen LogP contribution in [0.2, 0.25) is 0 Å². The third-order valence-corrected chi connectivity index (χ3v) is 4.88. The molecule has 1 atom stereocenters. The average molecular weight is 394 g/mol. The summed E-state index contributed by atoms with van der Waals surface area (Å²) in [6.07, 6.45) is 1.15. The van der Waals surface area contributed by atoms with Crippen LogP contribution < -0.4 is 9.64 Å². The van der Waals surface area contributed by atoms with Crippen molar-refractivity contribution in [3.05, 3.63) is 48.2 Å². The summed E-state index contributed by atoms with van der Waals surface area (Å²) < 4.78 is 29.6. The molecule has 0 spiro atoms. The highest BCUT2D eigenvalue weighted by molar-refractivity contribution is 8.00. The number of hydrogen-bond acceptors (Lipinski definition) is 6. The molecule has 1 aromatic carbocycles. The van der Waals surface area contributed by atoms with Crippen LogP contribution in [0.25, 0.3) is 0 Å². The van der Waals surface area contributed by atoms with Gasteiger partial charge in [0.15, 0.2) is 0 Å². The number of aromatic carboxylic acids is 1. The van der Waals surface area contributed by atoms with E-state index in [1.807, 2.05) is 0 Å². The van der Waals surface area contributed by atoms with E-state index >= 15 is 0 Å². The number of pyridine rings is 1. The highest BCUT2D eigenvalue weighted by Gasteiger charge is 2.42. The van der Waals surface area contributed by atoms with E-state index in [0.717, 1.165) is 16.7 Å². The van der Waals surface area contributed by atoms with Gasteiger partial charge in [-0.15, -0.1) is 0 Å². The van der Waals surface area contributed by atoms with E-state index in [2.05, 4.69) is 9.72 Å². The predicted molar refractivity (Wildman–Crippen MR) is 91.0 cm³/mol. The van der Waals surface area contributed by atoms with Gasteiger partial charge in [-0.05, 0) is 24.3 Å². The minimum Gasteiger partial charge on any atom is -0.478 e. The molecule has 1 N–H and O–H groups in total. The molecule has 3 rings (SSSR count). The van der Waals surface area contributed by atoms with Crippen LogP contribution in [0.3, 0.4) is 0 Å². The Morgan fingerprint density at radius 3 is 2.70 bits per heavy atom. The van der Waals surface area contributed by atoms with Crippen molar-refractivity contribution in [2.24, 2.45) is 0 Å². The summed E-state index contributed by atoms with van der Waals surface area (Å²) >= 11 is 0.843. The van der Waals surface area contributed by atoms with Gasteiger partial charge in [0.25, 0.3) is 0 Å². The largest absolute Gasteiger partial charge is 0.478 e. The molecule has 0 saturated carbocycles.